The molecule has 0 saturated carbocycles. The van der Waals surface area contributed by atoms with Gasteiger partial charge in [0.05, 0.1) is 0 Å². The van der Waals surface area contributed by atoms with Crippen molar-refractivity contribution in [2.75, 3.05) is 0 Å². The summed E-state index contributed by atoms with van der Waals surface area (Å²) in [7, 11) is 0. The van der Waals surface area contributed by atoms with Crippen molar-refractivity contribution >= 4 is 41.0 Å². The minimum absolute atomic E-state index is 0. The Hall–Kier alpha value is -0.790. The summed E-state index contributed by atoms with van der Waals surface area (Å²) in [6.45, 7) is 19.9. The molecule has 176 valence electrons. The van der Waals surface area contributed by atoms with Crippen molar-refractivity contribution in [3.05, 3.63) is 88.0 Å². The van der Waals surface area contributed by atoms with Gasteiger partial charge in [-0.3, -0.25) is 6.08 Å². The van der Waals surface area contributed by atoms with Crippen LogP contribution in [0.1, 0.15) is 44.4 Å². The SMILES string of the molecule is CC1=[C-]C(C)C(C)=C1C.C[Si](C)=[Zr+2].Cc1cc(C)c2c(-c3ccccc3)c(C)[cH-]c2c1.Cl.Cl. The molecule has 0 aliphatic heterocycles. The second kappa shape index (κ2) is 14.6. The molecule has 0 N–H and O–H groups in total. The normalized spacial score (nSPS) is 14.3. The standard InChI is InChI=1S/C18H17.C9H13.C2H6Si.2ClH.Zr/c1-12-9-13(2)18-16(10-12)11-14(3)17(18)15-7-5-4-6-8-15;1-6-5-7(2)9(4)8(6)3;1-3-2;;;/h4-11H,1-3H3;6H,1-4H3;1-2H3;2*1H;/q2*-1;;;;+2. The molecule has 4 rings (SSSR count). The van der Waals surface area contributed by atoms with Crippen molar-refractivity contribution in [2.45, 2.75) is 61.6 Å². The van der Waals surface area contributed by atoms with Crippen LogP contribution in [0.25, 0.3) is 21.9 Å². The van der Waals surface area contributed by atoms with Gasteiger partial charge < -0.3 is 0 Å². The van der Waals surface area contributed by atoms with Crippen LogP contribution < -0.4 is 0 Å². The average molecular weight is 577 g/mol. The van der Waals surface area contributed by atoms with Crippen LogP contribution in [0.2, 0.25) is 13.1 Å². The van der Waals surface area contributed by atoms with Crippen molar-refractivity contribution in [3.8, 4) is 11.1 Å². The van der Waals surface area contributed by atoms with Crippen LogP contribution in [-0.4, -0.2) is 5.43 Å². The fourth-order valence-electron chi connectivity index (χ4n) is 4.10. The van der Waals surface area contributed by atoms with Crippen LogP contribution in [0.5, 0.6) is 0 Å². The molecule has 0 heterocycles. The molecule has 1 aliphatic carbocycles. The molecular formula is C29H38Cl2SiZr. The molecule has 0 nitrogen and oxygen atoms in total. The number of allylic oxidation sites excluding steroid dienone is 4. The van der Waals surface area contributed by atoms with E-state index in [0.717, 1.165) is 0 Å². The monoisotopic (exact) mass is 574 g/mol. The number of hydrogen-bond acceptors (Lipinski definition) is 0. The van der Waals surface area contributed by atoms with Gasteiger partial charge in [0.1, 0.15) is 0 Å². The number of aryl methyl sites for hydroxylation is 3. The van der Waals surface area contributed by atoms with Gasteiger partial charge in [0, 0.05) is 0 Å². The third-order valence-corrected chi connectivity index (χ3v) is 5.83. The van der Waals surface area contributed by atoms with Crippen LogP contribution in [0.4, 0.5) is 0 Å². The third kappa shape index (κ3) is 8.74. The Kier molecular flexibility index (Phi) is 14.2. The second-order valence-corrected chi connectivity index (χ2v) is 18.3. The molecule has 0 saturated heterocycles. The molecule has 0 spiro atoms. The van der Waals surface area contributed by atoms with Gasteiger partial charge >= 0.3 is 41.9 Å². The fraction of sp³-hybridized carbons (Fsp3) is 0.345. The van der Waals surface area contributed by atoms with E-state index in [1.165, 1.54) is 55.3 Å². The van der Waals surface area contributed by atoms with Gasteiger partial charge in [-0.15, -0.1) is 65.8 Å². The van der Waals surface area contributed by atoms with Gasteiger partial charge in [-0.05, 0) is 13.8 Å². The van der Waals surface area contributed by atoms with E-state index >= 15 is 0 Å². The molecule has 0 aromatic heterocycles. The molecular weight excluding hydrogens is 539 g/mol. The van der Waals surface area contributed by atoms with Crippen molar-refractivity contribution in [1.29, 1.82) is 0 Å². The Labute approximate surface area is 229 Å². The fourth-order valence-corrected chi connectivity index (χ4v) is 4.10. The average Bonchev–Trinajstić information content (AvgIpc) is 3.13. The van der Waals surface area contributed by atoms with Crippen molar-refractivity contribution in [1.82, 2.24) is 0 Å². The van der Waals surface area contributed by atoms with Crippen molar-refractivity contribution < 1.29 is 23.3 Å². The summed E-state index contributed by atoms with van der Waals surface area (Å²) in [5.41, 5.74) is 11.2. The van der Waals surface area contributed by atoms with E-state index in [2.05, 4.69) is 116 Å². The second-order valence-electron chi connectivity index (χ2n) is 8.91. The van der Waals surface area contributed by atoms with Crippen molar-refractivity contribution in [3.63, 3.8) is 0 Å². The maximum Gasteiger partial charge on any atom is -0.0486 e. The maximum atomic E-state index is 3.36. The maximum absolute atomic E-state index is 3.36. The Morgan fingerprint density at radius 1 is 0.909 bits per heavy atom. The first-order chi connectivity index (χ1) is 14.5. The number of fused-ring (bicyclic) bond motifs is 1. The molecule has 0 bridgehead atoms. The van der Waals surface area contributed by atoms with Gasteiger partial charge in [0.25, 0.3) is 0 Å². The number of halogens is 2. The molecule has 0 fully saturated rings. The molecule has 33 heavy (non-hydrogen) atoms. The zero-order valence-electron chi connectivity index (χ0n) is 21.5. The van der Waals surface area contributed by atoms with E-state index < -0.39 is 0 Å². The molecule has 3 aromatic rings. The summed E-state index contributed by atoms with van der Waals surface area (Å²) in [6.07, 6.45) is 3.36. The van der Waals surface area contributed by atoms with Crippen LogP contribution in [0.3, 0.4) is 0 Å². The Bertz CT molecular complexity index is 1130. The first-order valence-corrected chi connectivity index (χ1v) is 17.2. The van der Waals surface area contributed by atoms with E-state index in [0.29, 0.717) is 5.92 Å². The Morgan fingerprint density at radius 3 is 1.88 bits per heavy atom. The predicted molar refractivity (Wildman–Crippen MR) is 151 cm³/mol. The van der Waals surface area contributed by atoms with Gasteiger partial charge in [-0.2, -0.15) is 11.1 Å². The molecule has 0 amide bonds. The zero-order valence-corrected chi connectivity index (χ0v) is 26.6. The topological polar surface area (TPSA) is 0 Å². The van der Waals surface area contributed by atoms with Gasteiger partial charge in [-0.25, -0.2) is 5.57 Å². The third-order valence-electron chi connectivity index (χ3n) is 5.83. The van der Waals surface area contributed by atoms with Crippen LogP contribution in [-0.2, 0) is 23.3 Å². The predicted octanol–water partition coefficient (Wildman–Crippen LogP) is 9.50. The van der Waals surface area contributed by atoms with Crippen LogP contribution >= 0.6 is 24.8 Å². The van der Waals surface area contributed by atoms with E-state index in [9.17, 15) is 0 Å². The summed E-state index contributed by atoms with van der Waals surface area (Å²) in [4.78, 5) is 0. The summed E-state index contributed by atoms with van der Waals surface area (Å²) in [5, 5.41) is 2.77. The van der Waals surface area contributed by atoms with Gasteiger partial charge in [0.2, 0.25) is 0 Å². The molecule has 3 aromatic carbocycles. The summed E-state index contributed by atoms with van der Waals surface area (Å²) >= 11 is 1.74. The largest absolute Gasteiger partial charge is 0.149 e. The van der Waals surface area contributed by atoms with Gasteiger partial charge in [-0.1, -0.05) is 86.7 Å². The summed E-state index contributed by atoms with van der Waals surface area (Å²) in [6, 6.07) is 17.5. The Balaban J connectivity index is 0.000000580. The van der Waals surface area contributed by atoms with E-state index in [4.69, 9.17) is 0 Å². The number of benzene rings is 2. The summed E-state index contributed by atoms with van der Waals surface area (Å²) < 4.78 is 0. The smallest absolute Gasteiger partial charge is 0.0486 e. The van der Waals surface area contributed by atoms with Crippen molar-refractivity contribution in [2.24, 2.45) is 5.92 Å². The first kappa shape index (κ1) is 32.2. The van der Waals surface area contributed by atoms with E-state index in [-0.39, 0.29) is 30.2 Å². The Morgan fingerprint density at radius 2 is 1.45 bits per heavy atom. The molecule has 1 aliphatic rings. The number of hydrogen-bond donors (Lipinski definition) is 0. The van der Waals surface area contributed by atoms with E-state index in [1.54, 1.807) is 23.3 Å². The van der Waals surface area contributed by atoms with E-state index in [1.807, 2.05) is 0 Å². The number of rotatable bonds is 1. The quantitative estimate of drug-likeness (QED) is 0.200. The van der Waals surface area contributed by atoms with Gasteiger partial charge in [0.15, 0.2) is 0 Å². The first-order valence-electron chi connectivity index (χ1n) is 11.0. The van der Waals surface area contributed by atoms with Crippen LogP contribution in [0.15, 0.2) is 65.3 Å². The molecule has 0 radical (unpaired) electrons. The summed E-state index contributed by atoms with van der Waals surface area (Å²) in [5.74, 6) is 0.560. The zero-order chi connectivity index (χ0) is 23.3. The molecule has 4 heteroatoms. The molecule has 1 atom stereocenters. The minimum Gasteiger partial charge on any atom is -0.149 e. The minimum atomic E-state index is 0. The van der Waals surface area contributed by atoms with Crippen LogP contribution in [0, 0.1) is 32.8 Å². The molecule has 1 unspecified atom stereocenters.